The fourth-order valence-electron chi connectivity index (χ4n) is 2.92. The smallest absolute Gasteiger partial charge is 0.245 e. The number of aromatic nitrogens is 3. The number of benzene rings is 1. The summed E-state index contributed by atoms with van der Waals surface area (Å²) >= 11 is 0. The third-order valence-corrected chi connectivity index (χ3v) is 5.90. The van der Waals surface area contributed by atoms with Crippen molar-refractivity contribution in [3.63, 3.8) is 0 Å². The van der Waals surface area contributed by atoms with Crippen LogP contribution in [0, 0.1) is 20.8 Å². The molecular formula is C18H22N4O3S. The van der Waals surface area contributed by atoms with Crippen LogP contribution < -0.4 is 4.72 Å². The first-order valence-electron chi connectivity index (χ1n) is 8.36. The summed E-state index contributed by atoms with van der Waals surface area (Å²) in [6.45, 7) is 6.15. The second-order valence-corrected chi connectivity index (χ2v) is 7.89. The number of nitrogens with one attached hydrogen (secondary N) is 1. The van der Waals surface area contributed by atoms with Gasteiger partial charge in [0.25, 0.3) is 0 Å². The van der Waals surface area contributed by atoms with Crippen LogP contribution in [0.5, 0.6) is 0 Å². The van der Waals surface area contributed by atoms with Crippen molar-refractivity contribution in [2.45, 2.75) is 38.6 Å². The quantitative estimate of drug-likeness (QED) is 0.686. The number of nitrogens with zero attached hydrogens (tertiary/aromatic N) is 3. The van der Waals surface area contributed by atoms with Gasteiger partial charge in [0.15, 0.2) is 5.76 Å². The third kappa shape index (κ3) is 3.86. The van der Waals surface area contributed by atoms with Gasteiger partial charge >= 0.3 is 0 Å². The van der Waals surface area contributed by atoms with Crippen molar-refractivity contribution in [2.75, 3.05) is 6.54 Å². The summed E-state index contributed by atoms with van der Waals surface area (Å²) < 4.78 is 34.6. The number of hydrogen-bond acceptors (Lipinski definition) is 5. The maximum absolute atomic E-state index is 12.5. The van der Waals surface area contributed by atoms with Crippen molar-refractivity contribution in [3.8, 4) is 0 Å². The Morgan fingerprint density at radius 3 is 2.54 bits per heavy atom. The minimum absolute atomic E-state index is 0.112. The molecule has 2 aromatic heterocycles. The molecule has 0 saturated heterocycles. The first kappa shape index (κ1) is 18.3. The average Bonchev–Trinajstić information content (AvgIpc) is 3.12. The molecule has 0 fully saturated rings. The second kappa shape index (κ2) is 7.43. The summed E-state index contributed by atoms with van der Waals surface area (Å²) in [5, 5.41) is 3.70. The van der Waals surface area contributed by atoms with Gasteiger partial charge in [0.1, 0.15) is 16.4 Å². The summed E-state index contributed by atoms with van der Waals surface area (Å²) in [7, 11) is -3.66. The molecule has 0 aliphatic rings. The molecule has 0 atom stereocenters. The molecule has 26 heavy (non-hydrogen) atoms. The molecule has 0 bridgehead atoms. The number of hydrogen-bond donors (Lipinski definition) is 1. The molecule has 138 valence electrons. The van der Waals surface area contributed by atoms with Gasteiger partial charge in [-0.1, -0.05) is 35.5 Å². The highest BCUT2D eigenvalue weighted by molar-refractivity contribution is 7.89. The predicted molar refractivity (Wildman–Crippen MR) is 97.4 cm³/mol. The number of sulfonamides is 1. The zero-order chi connectivity index (χ0) is 18.7. The Balaban J connectivity index is 1.69. The fraction of sp³-hybridized carbons (Fsp3) is 0.333. The minimum Gasteiger partial charge on any atom is -0.360 e. The first-order valence-corrected chi connectivity index (χ1v) is 9.84. The van der Waals surface area contributed by atoms with Gasteiger partial charge in [-0.3, -0.25) is 0 Å². The fourth-order valence-corrected chi connectivity index (χ4v) is 4.28. The van der Waals surface area contributed by atoms with Crippen LogP contribution in [-0.4, -0.2) is 29.7 Å². The zero-order valence-corrected chi connectivity index (χ0v) is 15.9. The maximum Gasteiger partial charge on any atom is 0.245 e. The molecule has 0 unspecified atom stereocenters. The first-order chi connectivity index (χ1) is 12.4. The molecule has 0 aliphatic carbocycles. The Morgan fingerprint density at radius 1 is 1.15 bits per heavy atom. The van der Waals surface area contributed by atoms with Gasteiger partial charge in [0.2, 0.25) is 10.0 Å². The summed E-state index contributed by atoms with van der Waals surface area (Å²) in [6, 6.07) is 10.1. The van der Waals surface area contributed by atoms with Crippen molar-refractivity contribution < 1.29 is 12.9 Å². The molecule has 1 N–H and O–H groups in total. The van der Waals surface area contributed by atoms with E-state index in [1.807, 2.05) is 25.1 Å². The van der Waals surface area contributed by atoms with E-state index in [2.05, 4.69) is 31.6 Å². The predicted octanol–water partition coefficient (Wildman–Crippen LogP) is 2.37. The summed E-state index contributed by atoms with van der Waals surface area (Å²) in [5.74, 6) is 1.13. The lowest BCUT2D eigenvalue weighted by molar-refractivity contribution is 0.390. The van der Waals surface area contributed by atoms with Crippen LogP contribution >= 0.6 is 0 Å². The summed E-state index contributed by atoms with van der Waals surface area (Å²) in [6.07, 6.45) is 2.30. The molecule has 3 aromatic rings. The summed E-state index contributed by atoms with van der Waals surface area (Å²) in [4.78, 5) is 4.54. The van der Waals surface area contributed by atoms with Crippen molar-refractivity contribution in [1.29, 1.82) is 0 Å². The highest BCUT2D eigenvalue weighted by atomic mass is 32.2. The molecular weight excluding hydrogens is 352 g/mol. The zero-order valence-electron chi connectivity index (χ0n) is 15.1. The molecule has 0 aliphatic heterocycles. The molecule has 2 heterocycles. The van der Waals surface area contributed by atoms with Gasteiger partial charge < -0.3 is 9.09 Å². The Kier molecular flexibility index (Phi) is 5.24. The van der Waals surface area contributed by atoms with Gasteiger partial charge in [0.05, 0.1) is 0 Å². The van der Waals surface area contributed by atoms with Gasteiger partial charge in [-0.15, -0.1) is 0 Å². The van der Waals surface area contributed by atoms with Crippen molar-refractivity contribution in [3.05, 3.63) is 65.1 Å². The lowest BCUT2D eigenvalue weighted by Crippen LogP contribution is -2.27. The SMILES string of the molecule is Cc1noc(C)c1S(=O)(=O)NCCc1ncc(C)n1Cc1ccccc1. The Morgan fingerprint density at radius 2 is 1.88 bits per heavy atom. The number of imidazole rings is 1. The monoisotopic (exact) mass is 374 g/mol. The Bertz CT molecular complexity index is 971. The van der Waals surface area contributed by atoms with Gasteiger partial charge in [0, 0.05) is 31.4 Å². The molecule has 8 heteroatoms. The maximum atomic E-state index is 12.5. The van der Waals surface area contributed by atoms with E-state index in [1.165, 1.54) is 5.56 Å². The van der Waals surface area contributed by atoms with Crippen LogP contribution in [0.4, 0.5) is 0 Å². The van der Waals surface area contributed by atoms with Crippen LogP contribution in [-0.2, 0) is 23.0 Å². The van der Waals surface area contributed by atoms with Crippen molar-refractivity contribution in [1.82, 2.24) is 19.4 Å². The van der Waals surface area contributed by atoms with Crippen LogP contribution in [0.15, 0.2) is 45.9 Å². The second-order valence-electron chi connectivity index (χ2n) is 6.19. The molecule has 0 saturated carbocycles. The van der Waals surface area contributed by atoms with Crippen LogP contribution in [0.3, 0.4) is 0 Å². The standard InChI is InChI=1S/C18H22N4O3S/c1-13-11-19-17(22(13)12-16-7-5-4-6-8-16)9-10-20-26(23,24)18-14(2)21-25-15(18)3/h4-8,11,20H,9-10,12H2,1-3H3. The Labute approximate surface area is 153 Å². The lowest BCUT2D eigenvalue weighted by Gasteiger charge is -2.11. The minimum atomic E-state index is -3.66. The van der Waals surface area contributed by atoms with Crippen LogP contribution in [0.25, 0.3) is 0 Å². The van der Waals surface area contributed by atoms with Gasteiger partial charge in [-0.05, 0) is 26.3 Å². The highest BCUT2D eigenvalue weighted by Crippen LogP contribution is 2.18. The molecule has 0 amide bonds. The van der Waals surface area contributed by atoms with E-state index >= 15 is 0 Å². The highest BCUT2D eigenvalue weighted by Gasteiger charge is 2.23. The van der Waals surface area contributed by atoms with Crippen molar-refractivity contribution in [2.24, 2.45) is 0 Å². The third-order valence-electron chi connectivity index (χ3n) is 4.20. The average molecular weight is 374 g/mol. The van der Waals surface area contributed by atoms with Crippen LogP contribution in [0.2, 0.25) is 0 Å². The molecule has 7 nitrogen and oxygen atoms in total. The van der Waals surface area contributed by atoms with E-state index in [9.17, 15) is 8.42 Å². The van der Waals surface area contributed by atoms with Gasteiger partial charge in [-0.25, -0.2) is 18.1 Å². The molecule has 1 aromatic carbocycles. The van der Waals surface area contributed by atoms with E-state index in [1.54, 1.807) is 20.0 Å². The van der Waals surface area contributed by atoms with E-state index in [-0.39, 0.29) is 17.2 Å². The topological polar surface area (TPSA) is 90.0 Å². The lowest BCUT2D eigenvalue weighted by atomic mass is 10.2. The van der Waals surface area contributed by atoms with Crippen LogP contribution in [0.1, 0.15) is 28.5 Å². The van der Waals surface area contributed by atoms with E-state index in [4.69, 9.17) is 4.52 Å². The van der Waals surface area contributed by atoms with E-state index in [0.29, 0.717) is 18.7 Å². The van der Waals surface area contributed by atoms with Gasteiger partial charge in [-0.2, -0.15) is 0 Å². The molecule has 0 spiro atoms. The molecule has 3 rings (SSSR count). The normalized spacial score (nSPS) is 11.8. The number of rotatable bonds is 7. The van der Waals surface area contributed by atoms with E-state index < -0.39 is 10.0 Å². The van der Waals surface area contributed by atoms with E-state index in [0.717, 1.165) is 11.5 Å². The Hall–Kier alpha value is -2.45. The molecule has 0 radical (unpaired) electrons. The summed E-state index contributed by atoms with van der Waals surface area (Å²) in [5.41, 5.74) is 2.57. The largest absolute Gasteiger partial charge is 0.360 e. The van der Waals surface area contributed by atoms with Crippen molar-refractivity contribution >= 4 is 10.0 Å². The number of aryl methyl sites for hydroxylation is 3.